The molecule has 0 fully saturated rings. The van der Waals surface area contributed by atoms with Crippen LogP contribution in [0.2, 0.25) is 16.6 Å². The van der Waals surface area contributed by atoms with Crippen molar-refractivity contribution in [3.63, 3.8) is 0 Å². The zero-order valence-corrected chi connectivity index (χ0v) is 22.6. The van der Waals surface area contributed by atoms with E-state index in [-0.39, 0.29) is 0 Å². The first-order valence-corrected chi connectivity index (χ1v) is 14.2. The Balaban J connectivity index is 2.35. The maximum Gasteiger partial charge on any atom is 0.220 e. The van der Waals surface area contributed by atoms with Crippen LogP contribution in [0.5, 0.6) is 0 Å². The van der Waals surface area contributed by atoms with Crippen LogP contribution in [0.15, 0.2) is 36.5 Å². The molecule has 1 heterocycles. The number of benzene rings is 2. The van der Waals surface area contributed by atoms with Crippen molar-refractivity contribution in [1.82, 2.24) is 0 Å². The summed E-state index contributed by atoms with van der Waals surface area (Å²) in [4.78, 5) is 0. The zero-order chi connectivity index (χ0) is 24.0. The van der Waals surface area contributed by atoms with Gasteiger partial charge in [-0.05, 0) is 71.6 Å². The van der Waals surface area contributed by atoms with E-state index in [4.69, 9.17) is 0 Å². The van der Waals surface area contributed by atoms with Crippen molar-refractivity contribution in [2.75, 3.05) is 0 Å². The summed E-state index contributed by atoms with van der Waals surface area (Å²) >= 11 is 0. The standard InChI is InChI=1S/C29H39N2Si/c1-18(2)32(19(3)4,20(5)6)25-11-12-26-24(16-25)13-14-31(10)29(26)27-15-21(7)28(17-30)23(9)22(27)8/h11-16,18-20H,1-10H3/q+1. The second-order valence-electron chi connectivity index (χ2n) is 10.5. The molecule has 32 heavy (non-hydrogen) atoms. The minimum absolute atomic E-state index is 0.685. The molecule has 3 aromatic rings. The number of nitrogens with zero attached hydrogens (tertiary/aromatic N) is 2. The SMILES string of the molecule is Cc1cc(-c2c3ccc([Si](C(C)C)(C(C)C)C(C)C)cc3cc[n+]2C)c(C)c(C)c1C#N. The molecule has 3 rings (SSSR count). The first-order valence-electron chi connectivity index (χ1n) is 11.9. The highest BCUT2D eigenvalue weighted by Crippen LogP contribution is 2.41. The average molecular weight is 444 g/mol. The number of aromatic nitrogens is 1. The summed E-state index contributed by atoms with van der Waals surface area (Å²) in [7, 11) is 0.410. The maximum absolute atomic E-state index is 9.60. The summed E-state index contributed by atoms with van der Waals surface area (Å²) in [6, 6.07) is 14.1. The Kier molecular flexibility index (Phi) is 6.68. The van der Waals surface area contributed by atoms with Crippen LogP contribution in [0.3, 0.4) is 0 Å². The van der Waals surface area contributed by atoms with Gasteiger partial charge in [-0.3, -0.25) is 0 Å². The summed E-state index contributed by atoms with van der Waals surface area (Å²) in [5.74, 6) is 0. The molecule has 0 N–H and O–H groups in total. The van der Waals surface area contributed by atoms with Crippen LogP contribution >= 0.6 is 0 Å². The molecule has 0 aliphatic rings. The fourth-order valence-electron chi connectivity index (χ4n) is 6.48. The van der Waals surface area contributed by atoms with Gasteiger partial charge in [0.15, 0.2) is 6.20 Å². The van der Waals surface area contributed by atoms with Crippen LogP contribution in [0.25, 0.3) is 22.0 Å². The smallest absolute Gasteiger partial charge is 0.200 e. The predicted octanol–water partition coefficient (Wildman–Crippen LogP) is 7.01. The van der Waals surface area contributed by atoms with Gasteiger partial charge in [-0.2, -0.15) is 5.26 Å². The monoisotopic (exact) mass is 443 g/mol. The van der Waals surface area contributed by atoms with Crippen LogP contribution in [-0.2, 0) is 7.05 Å². The van der Waals surface area contributed by atoms with Gasteiger partial charge in [0.05, 0.1) is 30.7 Å². The summed E-state index contributed by atoms with van der Waals surface area (Å²) in [5.41, 5.74) is 8.63. The Morgan fingerprint density at radius 3 is 1.97 bits per heavy atom. The second kappa shape index (κ2) is 8.83. The Bertz CT molecular complexity index is 1190. The molecule has 0 spiro atoms. The van der Waals surface area contributed by atoms with E-state index in [0.717, 1.165) is 16.7 Å². The molecule has 0 radical (unpaired) electrons. The van der Waals surface area contributed by atoms with E-state index in [1.807, 2.05) is 6.92 Å². The van der Waals surface area contributed by atoms with Crippen molar-refractivity contribution in [2.24, 2.45) is 7.05 Å². The Hall–Kier alpha value is -2.44. The number of pyridine rings is 1. The largest absolute Gasteiger partial charge is 0.220 e. The Labute approximate surface area is 195 Å². The van der Waals surface area contributed by atoms with Crippen molar-refractivity contribution in [1.29, 1.82) is 5.26 Å². The number of fused-ring (bicyclic) bond motifs is 1. The summed E-state index contributed by atoms with van der Waals surface area (Å²) < 4.78 is 2.23. The lowest BCUT2D eigenvalue weighted by atomic mass is 9.91. The number of rotatable bonds is 5. The molecule has 2 aromatic carbocycles. The second-order valence-corrected chi connectivity index (χ2v) is 16.4. The highest BCUT2D eigenvalue weighted by molar-refractivity contribution is 6.95. The molecule has 0 bridgehead atoms. The average Bonchev–Trinajstić information content (AvgIpc) is 2.71. The van der Waals surface area contributed by atoms with E-state index >= 15 is 0 Å². The number of hydrogen-bond acceptors (Lipinski definition) is 1. The topological polar surface area (TPSA) is 27.7 Å². The van der Waals surface area contributed by atoms with Gasteiger partial charge in [0.25, 0.3) is 0 Å². The molecule has 0 saturated carbocycles. The van der Waals surface area contributed by atoms with Gasteiger partial charge in [0.2, 0.25) is 5.69 Å². The molecule has 3 heteroatoms. The fourth-order valence-corrected chi connectivity index (χ4v) is 13.3. The van der Waals surface area contributed by atoms with Gasteiger partial charge in [-0.1, -0.05) is 58.9 Å². The molecule has 1 aromatic heterocycles. The summed E-state index contributed by atoms with van der Waals surface area (Å²) in [6.07, 6.45) is 2.19. The lowest BCUT2D eigenvalue weighted by molar-refractivity contribution is -0.659. The van der Waals surface area contributed by atoms with Crippen molar-refractivity contribution in [2.45, 2.75) is 78.9 Å². The zero-order valence-electron chi connectivity index (χ0n) is 21.6. The molecule has 2 nitrogen and oxygen atoms in total. The number of hydrogen-bond donors (Lipinski definition) is 0. The van der Waals surface area contributed by atoms with Crippen LogP contribution in [0.1, 0.15) is 63.8 Å². The maximum atomic E-state index is 9.60. The Morgan fingerprint density at radius 1 is 0.844 bits per heavy atom. The normalized spacial score (nSPS) is 12.2. The van der Waals surface area contributed by atoms with E-state index in [1.54, 1.807) is 5.19 Å². The first-order chi connectivity index (χ1) is 15.0. The molecule has 0 aliphatic carbocycles. The van der Waals surface area contributed by atoms with Gasteiger partial charge in [-0.15, -0.1) is 0 Å². The lowest BCUT2D eigenvalue weighted by Gasteiger charge is -2.43. The molecular formula is C29H39N2Si+. The van der Waals surface area contributed by atoms with Crippen LogP contribution < -0.4 is 9.75 Å². The van der Waals surface area contributed by atoms with E-state index < -0.39 is 8.07 Å². The quantitative estimate of drug-likeness (QED) is 0.308. The highest BCUT2D eigenvalue weighted by Gasteiger charge is 2.44. The van der Waals surface area contributed by atoms with Gasteiger partial charge in [-0.25, -0.2) is 4.57 Å². The predicted molar refractivity (Wildman–Crippen MR) is 140 cm³/mol. The molecule has 0 atom stereocenters. The lowest BCUT2D eigenvalue weighted by Crippen LogP contribution is -2.55. The molecule has 0 amide bonds. The van der Waals surface area contributed by atoms with Gasteiger partial charge < -0.3 is 0 Å². The molecule has 0 unspecified atom stereocenters. The van der Waals surface area contributed by atoms with E-state index in [1.165, 1.54) is 27.6 Å². The number of nitriles is 1. The van der Waals surface area contributed by atoms with Gasteiger partial charge in [0, 0.05) is 6.07 Å². The minimum atomic E-state index is -1.72. The van der Waals surface area contributed by atoms with Crippen molar-refractivity contribution in [3.05, 3.63) is 58.8 Å². The van der Waals surface area contributed by atoms with Gasteiger partial charge >= 0.3 is 0 Å². The first kappa shape index (κ1) is 24.2. The fraction of sp³-hybridized carbons (Fsp3) is 0.448. The van der Waals surface area contributed by atoms with E-state index in [2.05, 4.69) is 110 Å². The highest BCUT2D eigenvalue weighted by atomic mass is 28.3. The van der Waals surface area contributed by atoms with Crippen molar-refractivity contribution in [3.8, 4) is 17.3 Å². The van der Waals surface area contributed by atoms with E-state index in [9.17, 15) is 5.26 Å². The molecule has 0 aliphatic heterocycles. The third kappa shape index (κ3) is 3.59. The Morgan fingerprint density at radius 2 is 1.44 bits per heavy atom. The van der Waals surface area contributed by atoms with Gasteiger partial charge in [0.1, 0.15) is 7.05 Å². The third-order valence-corrected chi connectivity index (χ3v) is 15.0. The van der Waals surface area contributed by atoms with Crippen LogP contribution in [0.4, 0.5) is 0 Å². The molecular weight excluding hydrogens is 404 g/mol. The summed E-state index contributed by atoms with van der Waals surface area (Å²) in [5, 5.41) is 13.8. The summed E-state index contributed by atoms with van der Waals surface area (Å²) in [6.45, 7) is 20.8. The van der Waals surface area contributed by atoms with Crippen LogP contribution in [-0.4, -0.2) is 8.07 Å². The third-order valence-electron chi connectivity index (χ3n) is 7.97. The van der Waals surface area contributed by atoms with E-state index in [0.29, 0.717) is 16.6 Å². The van der Waals surface area contributed by atoms with Crippen LogP contribution in [0, 0.1) is 32.1 Å². The molecule has 168 valence electrons. The number of aryl methyl sites for hydroxylation is 2. The minimum Gasteiger partial charge on any atom is -0.200 e. The van der Waals surface area contributed by atoms with Crippen molar-refractivity contribution < 1.29 is 4.57 Å². The molecule has 0 saturated heterocycles. The van der Waals surface area contributed by atoms with Crippen molar-refractivity contribution >= 4 is 24.0 Å².